The molecule has 1 heterocycles. The molecule has 0 aliphatic heterocycles. The number of ether oxygens (including phenoxy) is 1. The molecule has 0 aliphatic rings. The second kappa shape index (κ2) is 11.0. The first-order valence-corrected chi connectivity index (χ1v) is 10.4. The number of carboxylic acid groups (broad SMARTS) is 1. The zero-order chi connectivity index (χ0) is 20.9. The number of oxazole rings is 1. The smallest absolute Gasteiger partial charge is 1.00 e. The van der Waals surface area contributed by atoms with Crippen molar-refractivity contribution in [3.05, 3.63) is 71.6 Å². The van der Waals surface area contributed by atoms with Crippen molar-refractivity contribution in [2.24, 2.45) is 0 Å². The first-order chi connectivity index (χ1) is 13.8. The van der Waals surface area contributed by atoms with E-state index in [0.29, 0.717) is 24.7 Å². The Bertz CT molecular complexity index is 979. The van der Waals surface area contributed by atoms with Gasteiger partial charge in [0.1, 0.15) is 16.3 Å². The number of nitrogens with zero attached hydrogens (tertiary/aromatic N) is 1. The third-order valence-corrected chi connectivity index (χ3v) is 5.91. The van der Waals surface area contributed by atoms with Gasteiger partial charge in [-0.2, -0.15) is 0 Å². The van der Waals surface area contributed by atoms with Crippen LogP contribution in [0.4, 0.5) is 0 Å². The van der Waals surface area contributed by atoms with Gasteiger partial charge in [-0.15, -0.1) is 11.8 Å². The number of aromatic nitrogens is 1. The maximum atomic E-state index is 11.2. The summed E-state index contributed by atoms with van der Waals surface area (Å²) in [6.45, 7) is 5.82. The molecule has 1 N–H and O–H groups in total. The van der Waals surface area contributed by atoms with Crippen LogP contribution in [-0.4, -0.2) is 27.4 Å². The molecular weight excluding hydrogens is 409 g/mol. The van der Waals surface area contributed by atoms with Crippen LogP contribution in [0.25, 0.3) is 11.5 Å². The van der Waals surface area contributed by atoms with Gasteiger partial charge in [-0.1, -0.05) is 30.3 Å². The molecule has 5 nitrogen and oxygen atoms in total. The second-order valence-corrected chi connectivity index (χ2v) is 8.84. The maximum Gasteiger partial charge on any atom is 1.00 e. The first kappa shape index (κ1) is 24.5. The van der Waals surface area contributed by atoms with Gasteiger partial charge in [0.15, 0.2) is 0 Å². The molecule has 0 atom stereocenters. The van der Waals surface area contributed by atoms with Crippen molar-refractivity contribution < 1.29 is 50.0 Å². The molecule has 1 aromatic heterocycles. The summed E-state index contributed by atoms with van der Waals surface area (Å²) in [6, 6.07) is 17.6. The van der Waals surface area contributed by atoms with Gasteiger partial charge >= 0.3 is 35.5 Å². The zero-order valence-electron chi connectivity index (χ0n) is 18.8. The van der Waals surface area contributed by atoms with Crippen LogP contribution in [0.1, 0.15) is 32.3 Å². The third-order valence-electron chi connectivity index (χ3n) is 4.53. The van der Waals surface area contributed by atoms with Gasteiger partial charge in [-0.3, -0.25) is 4.79 Å². The van der Waals surface area contributed by atoms with Crippen LogP contribution in [0.5, 0.6) is 5.75 Å². The van der Waals surface area contributed by atoms with Crippen LogP contribution < -0.4 is 34.3 Å². The fourth-order valence-electron chi connectivity index (χ4n) is 2.68. The van der Waals surface area contributed by atoms with Crippen molar-refractivity contribution in [2.75, 3.05) is 6.61 Å². The quantitative estimate of drug-likeness (QED) is 0.521. The van der Waals surface area contributed by atoms with Gasteiger partial charge in [0.2, 0.25) is 5.89 Å². The number of aliphatic carboxylic acids is 1. The van der Waals surface area contributed by atoms with Crippen LogP contribution in [0.15, 0.2) is 59.0 Å². The van der Waals surface area contributed by atoms with Crippen molar-refractivity contribution in [1.29, 1.82) is 0 Å². The maximum absolute atomic E-state index is 11.2. The van der Waals surface area contributed by atoms with Crippen LogP contribution in [0.2, 0.25) is 0 Å². The second-order valence-electron chi connectivity index (χ2n) is 7.24. The standard InChI is InChI=1S/C23H25NO4S.Na.H/c1-16-20(24-21(28-16)18-9-5-4-6-10-18)12-13-27-19-11-7-8-17(14-19)15-29-23(2,3)22(25)26;;/h4-11,14H,12-13,15H2,1-3H3,(H,25,26);;/q;+1;-1. The molecule has 154 valence electrons. The summed E-state index contributed by atoms with van der Waals surface area (Å²) < 4.78 is 10.9. The normalized spacial score (nSPS) is 11.0. The van der Waals surface area contributed by atoms with Gasteiger partial charge in [0, 0.05) is 17.7 Å². The number of benzene rings is 2. The van der Waals surface area contributed by atoms with E-state index in [0.717, 1.165) is 28.3 Å². The molecule has 2 aromatic carbocycles. The van der Waals surface area contributed by atoms with Gasteiger partial charge in [-0.05, 0) is 50.6 Å². The Balaban J connectivity index is 0.00000240. The largest absolute Gasteiger partial charge is 1.00 e. The van der Waals surface area contributed by atoms with Crippen LogP contribution in [0, 0.1) is 6.92 Å². The van der Waals surface area contributed by atoms with E-state index in [4.69, 9.17) is 9.15 Å². The molecular formula is C23H26NNaO4S. The Morgan fingerprint density at radius 3 is 2.63 bits per heavy atom. The van der Waals surface area contributed by atoms with Gasteiger partial charge in [-0.25, -0.2) is 4.98 Å². The Hall–Kier alpha value is -1.73. The number of rotatable bonds is 9. The molecule has 7 heteroatoms. The topological polar surface area (TPSA) is 72.6 Å². The number of hydrogen-bond acceptors (Lipinski definition) is 5. The van der Waals surface area contributed by atoms with E-state index in [1.54, 1.807) is 13.8 Å². The molecule has 0 unspecified atom stereocenters. The molecule has 3 rings (SSSR count). The van der Waals surface area contributed by atoms with Gasteiger partial charge in [0.25, 0.3) is 0 Å². The van der Waals surface area contributed by atoms with Gasteiger partial charge in [0.05, 0.1) is 12.3 Å². The van der Waals surface area contributed by atoms with Crippen LogP contribution >= 0.6 is 11.8 Å². The summed E-state index contributed by atoms with van der Waals surface area (Å²) >= 11 is 1.39. The minimum Gasteiger partial charge on any atom is -1.00 e. The SMILES string of the molecule is Cc1oc(-c2ccccc2)nc1CCOc1cccc(CSC(C)(C)C(=O)O)c1.[H-].[Na+]. The van der Waals surface area contributed by atoms with Crippen LogP contribution in [-0.2, 0) is 17.0 Å². The molecule has 0 radical (unpaired) electrons. The molecule has 0 saturated carbocycles. The summed E-state index contributed by atoms with van der Waals surface area (Å²) in [4.78, 5) is 15.8. The predicted molar refractivity (Wildman–Crippen MR) is 116 cm³/mol. The minimum absolute atomic E-state index is 0. The van der Waals surface area contributed by atoms with Crippen molar-refractivity contribution in [1.82, 2.24) is 4.98 Å². The summed E-state index contributed by atoms with van der Waals surface area (Å²) in [6.07, 6.45) is 0.646. The van der Waals surface area contributed by atoms with E-state index in [-0.39, 0.29) is 31.0 Å². The molecule has 0 saturated heterocycles. The summed E-state index contributed by atoms with van der Waals surface area (Å²) in [5.41, 5.74) is 2.88. The first-order valence-electron chi connectivity index (χ1n) is 9.46. The number of carboxylic acids is 1. The van der Waals surface area contributed by atoms with E-state index in [1.807, 2.05) is 61.5 Å². The van der Waals surface area contributed by atoms with Crippen molar-refractivity contribution in [3.8, 4) is 17.2 Å². The Morgan fingerprint density at radius 2 is 1.93 bits per heavy atom. The average molecular weight is 436 g/mol. The third kappa shape index (κ3) is 6.64. The number of carbonyl (C=O) groups is 1. The number of thioether (sulfide) groups is 1. The molecule has 0 aliphatic carbocycles. The average Bonchev–Trinajstić information content (AvgIpc) is 3.08. The van der Waals surface area contributed by atoms with E-state index < -0.39 is 10.7 Å². The van der Waals surface area contributed by atoms with E-state index in [9.17, 15) is 9.90 Å². The Morgan fingerprint density at radius 1 is 1.20 bits per heavy atom. The molecule has 0 amide bonds. The van der Waals surface area contributed by atoms with Crippen LogP contribution in [0.3, 0.4) is 0 Å². The van der Waals surface area contributed by atoms with Crippen molar-refractivity contribution in [2.45, 2.75) is 37.7 Å². The molecule has 3 aromatic rings. The monoisotopic (exact) mass is 435 g/mol. The summed E-state index contributed by atoms with van der Waals surface area (Å²) in [5.74, 6) is 1.99. The molecule has 0 spiro atoms. The fourth-order valence-corrected chi connectivity index (χ4v) is 3.51. The summed E-state index contributed by atoms with van der Waals surface area (Å²) in [7, 11) is 0. The Labute approximate surface area is 205 Å². The predicted octanol–water partition coefficient (Wildman–Crippen LogP) is 2.48. The molecule has 0 fully saturated rings. The van der Waals surface area contributed by atoms with Crippen molar-refractivity contribution in [3.63, 3.8) is 0 Å². The molecule has 0 bridgehead atoms. The molecule has 30 heavy (non-hydrogen) atoms. The minimum atomic E-state index is -0.822. The Kier molecular flexibility index (Phi) is 9.04. The fraction of sp³-hybridized carbons (Fsp3) is 0.304. The van der Waals surface area contributed by atoms with Gasteiger partial charge < -0.3 is 15.7 Å². The zero-order valence-corrected chi connectivity index (χ0v) is 20.7. The van der Waals surface area contributed by atoms with E-state index in [2.05, 4.69) is 4.98 Å². The van der Waals surface area contributed by atoms with E-state index in [1.165, 1.54) is 11.8 Å². The summed E-state index contributed by atoms with van der Waals surface area (Å²) in [5, 5.41) is 9.24. The van der Waals surface area contributed by atoms with Crippen molar-refractivity contribution >= 4 is 17.7 Å². The van der Waals surface area contributed by atoms with E-state index >= 15 is 0 Å². The number of aryl methyl sites for hydroxylation is 1. The number of hydrogen-bond donors (Lipinski definition) is 1.